The van der Waals surface area contributed by atoms with Crippen molar-refractivity contribution in [2.45, 2.75) is 32.2 Å². The average molecular weight is 326 g/mol. The van der Waals surface area contributed by atoms with E-state index in [2.05, 4.69) is 16.7 Å². The van der Waals surface area contributed by atoms with Gasteiger partial charge in [-0.2, -0.15) is 0 Å². The van der Waals surface area contributed by atoms with E-state index in [1.54, 1.807) is 12.1 Å². The topological polar surface area (TPSA) is 48.0 Å². The van der Waals surface area contributed by atoms with Crippen LogP contribution in [0.4, 0.5) is 0 Å². The number of hydrogen-bond acceptors (Lipinski definition) is 1. The van der Waals surface area contributed by atoms with Gasteiger partial charge in [-0.15, -0.1) is 0 Å². The number of halogens is 1. The summed E-state index contributed by atoms with van der Waals surface area (Å²) in [6, 6.07) is 12.7. The van der Waals surface area contributed by atoms with Crippen molar-refractivity contribution in [2.75, 3.05) is 0 Å². The smallest absolute Gasteiger partial charge is 0.249 e. The third-order valence-electron chi connectivity index (χ3n) is 4.94. The molecule has 0 atom stereocenters. The first kappa shape index (κ1) is 14.6. The summed E-state index contributed by atoms with van der Waals surface area (Å²) in [6.07, 6.45) is 5.14. The third kappa shape index (κ3) is 2.40. The van der Waals surface area contributed by atoms with Crippen molar-refractivity contribution in [2.24, 2.45) is 11.7 Å². The van der Waals surface area contributed by atoms with Gasteiger partial charge in [-0.3, -0.25) is 4.79 Å². The minimum absolute atomic E-state index is 0.404. The molecule has 3 aromatic rings. The van der Waals surface area contributed by atoms with Crippen LogP contribution < -0.4 is 5.73 Å². The maximum Gasteiger partial charge on any atom is 0.249 e. The van der Waals surface area contributed by atoms with Crippen LogP contribution in [0.5, 0.6) is 0 Å². The molecule has 1 heterocycles. The molecule has 1 amide bonds. The van der Waals surface area contributed by atoms with Crippen molar-refractivity contribution in [1.82, 2.24) is 4.57 Å². The van der Waals surface area contributed by atoms with Gasteiger partial charge in [0.1, 0.15) is 0 Å². The minimum atomic E-state index is -0.404. The maximum atomic E-state index is 11.9. The molecule has 1 radical (unpaired) electrons. The van der Waals surface area contributed by atoms with E-state index in [-0.39, 0.29) is 0 Å². The first-order valence-electron chi connectivity index (χ1n) is 8.07. The van der Waals surface area contributed by atoms with Crippen LogP contribution >= 0.6 is 11.6 Å². The van der Waals surface area contributed by atoms with Crippen molar-refractivity contribution in [3.05, 3.63) is 47.0 Å². The van der Waals surface area contributed by atoms with Crippen molar-refractivity contribution < 1.29 is 4.79 Å². The summed E-state index contributed by atoms with van der Waals surface area (Å²) in [7, 11) is 0. The Kier molecular flexibility index (Phi) is 3.53. The van der Waals surface area contributed by atoms with Gasteiger partial charge in [0.15, 0.2) is 0 Å². The standard InChI is InChI=1S/C19H18ClN2O/c20-13-8-9-14-17(10-13)22(11-12-4-1-2-5-12)16-7-3-6-15(18(14)16)19(21)23/h3,6-8,10,12H,1-2,4-5,11H2,(H2,21,23). The van der Waals surface area contributed by atoms with Gasteiger partial charge in [0.2, 0.25) is 5.91 Å². The van der Waals surface area contributed by atoms with Gasteiger partial charge in [-0.05, 0) is 49.1 Å². The second kappa shape index (κ2) is 5.57. The van der Waals surface area contributed by atoms with Crippen LogP contribution in [0.25, 0.3) is 21.8 Å². The molecule has 1 aliphatic carbocycles. The van der Waals surface area contributed by atoms with E-state index >= 15 is 0 Å². The van der Waals surface area contributed by atoms with Crippen molar-refractivity contribution >= 4 is 39.3 Å². The summed E-state index contributed by atoms with van der Waals surface area (Å²) >= 11 is 6.20. The highest BCUT2D eigenvalue weighted by atomic mass is 35.5. The molecule has 1 saturated carbocycles. The lowest BCUT2D eigenvalue weighted by Gasteiger charge is -2.13. The molecule has 4 heteroatoms. The number of nitrogens with two attached hydrogens (primary N) is 1. The van der Waals surface area contributed by atoms with Crippen LogP contribution in [-0.4, -0.2) is 10.5 Å². The number of rotatable bonds is 3. The summed E-state index contributed by atoms with van der Waals surface area (Å²) in [4.78, 5) is 11.9. The molecular weight excluding hydrogens is 308 g/mol. The molecule has 1 fully saturated rings. The van der Waals surface area contributed by atoms with Crippen LogP contribution in [0.3, 0.4) is 0 Å². The molecule has 0 unspecified atom stereocenters. The maximum absolute atomic E-state index is 11.9. The highest BCUT2D eigenvalue weighted by molar-refractivity contribution is 6.31. The van der Waals surface area contributed by atoms with Gasteiger partial charge in [0.05, 0.1) is 5.52 Å². The fourth-order valence-electron chi connectivity index (χ4n) is 3.88. The number of benzene rings is 2. The largest absolute Gasteiger partial charge is 0.366 e. The molecular formula is C19H18ClN2O. The van der Waals surface area contributed by atoms with Crippen LogP contribution in [0.2, 0.25) is 5.02 Å². The Morgan fingerprint density at radius 3 is 2.83 bits per heavy atom. The zero-order chi connectivity index (χ0) is 16.0. The molecule has 0 saturated heterocycles. The van der Waals surface area contributed by atoms with E-state index < -0.39 is 5.91 Å². The molecule has 3 nitrogen and oxygen atoms in total. The molecule has 0 bridgehead atoms. The molecule has 1 aliphatic rings. The molecule has 117 valence electrons. The number of hydrogen-bond donors (Lipinski definition) is 1. The van der Waals surface area contributed by atoms with Crippen molar-refractivity contribution in [3.63, 3.8) is 0 Å². The predicted octanol–water partition coefficient (Wildman–Crippen LogP) is 4.54. The first-order chi connectivity index (χ1) is 11.1. The van der Waals surface area contributed by atoms with Crippen LogP contribution in [-0.2, 0) is 6.54 Å². The zero-order valence-electron chi connectivity index (χ0n) is 12.8. The fourth-order valence-corrected chi connectivity index (χ4v) is 4.04. The second-order valence-corrected chi connectivity index (χ2v) is 6.84. The molecule has 2 aromatic carbocycles. The van der Waals surface area contributed by atoms with Crippen molar-refractivity contribution in [1.29, 1.82) is 0 Å². The van der Waals surface area contributed by atoms with E-state index in [1.807, 2.05) is 12.1 Å². The number of fused-ring (bicyclic) bond motifs is 3. The Balaban J connectivity index is 2.02. The number of nitrogens with zero attached hydrogens (tertiary/aromatic N) is 1. The van der Waals surface area contributed by atoms with E-state index in [9.17, 15) is 4.79 Å². The monoisotopic (exact) mass is 325 g/mol. The molecule has 2 N–H and O–H groups in total. The molecule has 0 aliphatic heterocycles. The number of primary amides is 1. The normalized spacial score (nSPS) is 15.7. The van der Waals surface area contributed by atoms with Crippen LogP contribution in [0.15, 0.2) is 30.3 Å². The molecule has 4 rings (SSSR count). The lowest BCUT2D eigenvalue weighted by Crippen LogP contribution is -2.11. The van der Waals surface area contributed by atoms with Gasteiger partial charge in [0.25, 0.3) is 0 Å². The number of aromatic nitrogens is 1. The summed E-state index contributed by atoms with van der Waals surface area (Å²) in [5, 5.41) is 2.48. The summed E-state index contributed by atoms with van der Waals surface area (Å²) in [5.41, 5.74) is 8.22. The molecule has 1 aromatic heterocycles. The molecule has 0 spiro atoms. The third-order valence-corrected chi connectivity index (χ3v) is 5.16. The Bertz CT molecular complexity index is 907. The SMILES string of the molecule is NC(=O)c1cccc2c1c1[c]cc(Cl)cc1n2CC1CCCC1. The predicted molar refractivity (Wildman–Crippen MR) is 93.8 cm³/mol. The summed E-state index contributed by atoms with van der Waals surface area (Å²) in [5.74, 6) is 0.281. The molecule has 23 heavy (non-hydrogen) atoms. The quantitative estimate of drug-likeness (QED) is 0.755. The lowest BCUT2D eigenvalue weighted by atomic mass is 10.1. The lowest BCUT2D eigenvalue weighted by molar-refractivity contribution is 0.100. The summed E-state index contributed by atoms with van der Waals surface area (Å²) in [6.45, 7) is 0.955. The number of carbonyl (C=O) groups is 1. The number of carbonyl (C=O) groups excluding carboxylic acids is 1. The van der Waals surface area contributed by atoms with Crippen LogP contribution in [0.1, 0.15) is 36.0 Å². The van der Waals surface area contributed by atoms with E-state index in [0.717, 1.165) is 28.4 Å². The van der Waals surface area contributed by atoms with Crippen LogP contribution in [0, 0.1) is 12.0 Å². The second-order valence-electron chi connectivity index (χ2n) is 6.40. The van der Waals surface area contributed by atoms with Gasteiger partial charge >= 0.3 is 0 Å². The van der Waals surface area contributed by atoms with E-state index in [1.165, 1.54) is 25.7 Å². The Labute approximate surface area is 140 Å². The number of amides is 1. The van der Waals surface area contributed by atoms with Gasteiger partial charge < -0.3 is 10.3 Å². The first-order valence-corrected chi connectivity index (χ1v) is 8.45. The van der Waals surface area contributed by atoms with Gasteiger partial charge in [-0.1, -0.05) is 30.5 Å². The Morgan fingerprint density at radius 1 is 1.30 bits per heavy atom. The summed E-state index contributed by atoms with van der Waals surface area (Å²) < 4.78 is 2.29. The Hall–Kier alpha value is -2.00. The highest BCUT2D eigenvalue weighted by Crippen LogP contribution is 2.35. The van der Waals surface area contributed by atoms with Gasteiger partial charge in [-0.25, -0.2) is 0 Å². The highest BCUT2D eigenvalue weighted by Gasteiger charge is 2.21. The van der Waals surface area contributed by atoms with E-state index in [4.69, 9.17) is 17.3 Å². The van der Waals surface area contributed by atoms with Gasteiger partial charge in [0, 0.05) is 33.4 Å². The van der Waals surface area contributed by atoms with E-state index in [0.29, 0.717) is 16.5 Å². The van der Waals surface area contributed by atoms with Crippen molar-refractivity contribution in [3.8, 4) is 0 Å². The Morgan fingerprint density at radius 2 is 2.09 bits per heavy atom. The minimum Gasteiger partial charge on any atom is -0.366 e. The fraction of sp³-hybridized carbons (Fsp3) is 0.316. The average Bonchev–Trinajstić information content (AvgIpc) is 3.14. The zero-order valence-corrected chi connectivity index (χ0v) is 13.6.